The molecule has 0 aromatic heterocycles. The van der Waals surface area contributed by atoms with Crippen LogP contribution in [0.25, 0.3) is 6.08 Å². The summed E-state index contributed by atoms with van der Waals surface area (Å²) in [5.41, 5.74) is -0.733. The Morgan fingerprint density at radius 2 is 1.50 bits per heavy atom. The second-order valence-corrected chi connectivity index (χ2v) is 4.32. The van der Waals surface area contributed by atoms with Gasteiger partial charge in [-0.05, 0) is 36.0 Å². The molecule has 8 heteroatoms. The zero-order chi connectivity index (χ0) is 14.9. The van der Waals surface area contributed by atoms with Gasteiger partial charge in [0.15, 0.2) is 5.11 Å². The summed E-state index contributed by atoms with van der Waals surface area (Å²) in [6.07, 6.45) is -3.25. The Morgan fingerprint density at radius 3 is 1.95 bits per heavy atom. The highest BCUT2D eigenvalue weighted by molar-refractivity contribution is 7.80. The highest BCUT2D eigenvalue weighted by Crippen LogP contribution is 2.29. The maximum absolute atomic E-state index is 12.4. The number of amides is 2. The molecule has 1 aromatic rings. The predicted octanol–water partition coefficient (Wildman–Crippen LogP) is 1.62. The summed E-state index contributed by atoms with van der Waals surface area (Å²) in [6.45, 7) is 0. The molecular formula is C12H7F3N2O2S. The Bertz CT molecular complexity index is 599. The molecule has 20 heavy (non-hydrogen) atoms. The van der Waals surface area contributed by atoms with Gasteiger partial charge in [0.05, 0.1) is 5.56 Å². The molecule has 2 rings (SSSR count). The van der Waals surface area contributed by atoms with Crippen LogP contribution in [0.15, 0.2) is 29.8 Å². The van der Waals surface area contributed by atoms with E-state index in [4.69, 9.17) is 0 Å². The molecule has 1 aromatic carbocycles. The van der Waals surface area contributed by atoms with Crippen LogP contribution in [-0.2, 0) is 15.8 Å². The lowest BCUT2D eigenvalue weighted by Gasteiger charge is -2.16. The fourth-order valence-corrected chi connectivity index (χ4v) is 1.73. The Hall–Kier alpha value is -2.22. The van der Waals surface area contributed by atoms with E-state index in [-0.39, 0.29) is 10.7 Å². The highest BCUT2D eigenvalue weighted by atomic mass is 32.1. The molecule has 0 spiro atoms. The number of alkyl halides is 3. The van der Waals surface area contributed by atoms with Crippen molar-refractivity contribution in [3.05, 3.63) is 41.0 Å². The lowest BCUT2D eigenvalue weighted by molar-refractivity contribution is -0.137. The molecule has 1 aliphatic heterocycles. The minimum Gasteiger partial charge on any atom is -0.299 e. The quantitative estimate of drug-likeness (QED) is 0.471. The van der Waals surface area contributed by atoms with Crippen LogP contribution in [-0.4, -0.2) is 16.9 Å². The van der Waals surface area contributed by atoms with Crippen LogP contribution in [0.1, 0.15) is 11.1 Å². The van der Waals surface area contributed by atoms with Gasteiger partial charge in [0.2, 0.25) is 0 Å². The van der Waals surface area contributed by atoms with Crippen LogP contribution in [0.4, 0.5) is 13.2 Å². The molecule has 2 amide bonds. The third-order valence-corrected chi connectivity index (χ3v) is 2.70. The third-order valence-electron chi connectivity index (χ3n) is 2.49. The first-order valence-electron chi connectivity index (χ1n) is 5.33. The van der Waals surface area contributed by atoms with Crippen LogP contribution in [0, 0.1) is 0 Å². The number of hydrogen-bond donors (Lipinski definition) is 2. The number of thiocarbonyl (C=S) groups is 1. The summed E-state index contributed by atoms with van der Waals surface area (Å²) in [7, 11) is 0. The molecule has 0 aliphatic carbocycles. The van der Waals surface area contributed by atoms with Gasteiger partial charge in [0.25, 0.3) is 11.8 Å². The van der Waals surface area contributed by atoms with Gasteiger partial charge in [0, 0.05) is 0 Å². The molecule has 1 heterocycles. The number of benzene rings is 1. The Morgan fingerprint density at radius 1 is 1.00 bits per heavy atom. The monoisotopic (exact) mass is 300 g/mol. The summed E-state index contributed by atoms with van der Waals surface area (Å²) < 4.78 is 37.2. The van der Waals surface area contributed by atoms with E-state index in [1.165, 1.54) is 18.2 Å². The van der Waals surface area contributed by atoms with Crippen molar-refractivity contribution in [3.8, 4) is 0 Å². The molecule has 1 aliphatic rings. The van der Waals surface area contributed by atoms with Gasteiger partial charge in [-0.25, -0.2) is 0 Å². The molecule has 1 saturated heterocycles. The topological polar surface area (TPSA) is 58.2 Å². The number of carbonyl (C=O) groups excluding carboxylic acids is 2. The molecule has 0 atom stereocenters. The first kappa shape index (κ1) is 14.2. The second kappa shape index (κ2) is 5.04. The molecule has 2 N–H and O–H groups in total. The summed E-state index contributed by atoms with van der Waals surface area (Å²) in [6, 6.07) is 4.08. The van der Waals surface area contributed by atoms with Gasteiger partial charge in [-0.3, -0.25) is 20.2 Å². The molecule has 0 unspecified atom stereocenters. The van der Waals surface area contributed by atoms with Crippen LogP contribution < -0.4 is 10.6 Å². The zero-order valence-corrected chi connectivity index (χ0v) is 10.6. The van der Waals surface area contributed by atoms with E-state index < -0.39 is 23.6 Å². The van der Waals surface area contributed by atoms with Crippen molar-refractivity contribution in [2.24, 2.45) is 0 Å². The van der Waals surface area contributed by atoms with Gasteiger partial charge in [-0.2, -0.15) is 13.2 Å². The smallest absolute Gasteiger partial charge is 0.299 e. The van der Waals surface area contributed by atoms with Crippen LogP contribution >= 0.6 is 12.2 Å². The molecule has 0 saturated carbocycles. The first-order valence-corrected chi connectivity index (χ1v) is 5.74. The zero-order valence-electron chi connectivity index (χ0n) is 9.75. The number of nitrogens with one attached hydrogen (secondary N) is 2. The van der Waals surface area contributed by atoms with E-state index in [2.05, 4.69) is 22.9 Å². The van der Waals surface area contributed by atoms with Crippen molar-refractivity contribution in [3.63, 3.8) is 0 Å². The largest absolute Gasteiger partial charge is 0.416 e. The van der Waals surface area contributed by atoms with Crippen LogP contribution in [0.3, 0.4) is 0 Å². The minimum absolute atomic E-state index is 0.107. The molecule has 4 nitrogen and oxygen atoms in total. The van der Waals surface area contributed by atoms with Crippen molar-refractivity contribution < 1.29 is 22.8 Å². The van der Waals surface area contributed by atoms with E-state index in [9.17, 15) is 22.8 Å². The van der Waals surface area contributed by atoms with E-state index >= 15 is 0 Å². The number of hydrogen-bond acceptors (Lipinski definition) is 3. The molecule has 0 radical (unpaired) electrons. The van der Waals surface area contributed by atoms with Gasteiger partial charge in [0.1, 0.15) is 5.57 Å². The fourth-order valence-electron chi connectivity index (χ4n) is 1.54. The van der Waals surface area contributed by atoms with E-state index in [0.29, 0.717) is 5.56 Å². The van der Waals surface area contributed by atoms with Gasteiger partial charge in [-0.15, -0.1) is 0 Å². The molecule has 104 valence electrons. The van der Waals surface area contributed by atoms with Crippen molar-refractivity contribution >= 4 is 35.2 Å². The Labute approximate surface area is 116 Å². The Kier molecular flexibility index (Phi) is 3.58. The lowest BCUT2D eigenvalue weighted by atomic mass is 10.1. The third kappa shape index (κ3) is 3.02. The van der Waals surface area contributed by atoms with Crippen LogP contribution in [0.2, 0.25) is 0 Å². The maximum atomic E-state index is 12.4. The van der Waals surface area contributed by atoms with Gasteiger partial charge < -0.3 is 0 Å². The van der Waals surface area contributed by atoms with Crippen molar-refractivity contribution in [2.75, 3.05) is 0 Å². The summed E-state index contributed by atoms with van der Waals surface area (Å²) in [4.78, 5) is 23.1. The first-order chi connectivity index (χ1) is 9.27. The maximum Gasteiger partial charge on any atom is 0.416 e. The number of halogens is 3. The number of rotatable bonds is 1. The van der Waals surface area contributed by atoms with Crippen molar-refractivity contribution in [1.29, 1.82) is 0 Å². The van der Waals surface area contributed by atoms with Crippen molar-refractivity contribution in [2.45, 2.75) is 6.18 Å². The van der Waals surface area contributed by atoms with Gasteiger partial charge >= 0.3 is 6.18 Å². The lowest BCUT2D eigenvalue weighted by Crippen LogP contribution is -2.51. The van der Waals surface area contributed by atoms with E-state index in [0.717, 1.165) is 12.1 Å². The molecule has 1 fully saturated rings. The molecule has 0 bridgehead atoms. The normalized spacial score (nSPS) is 15.8. The molecular weight excluding hydrogens is 293 g/mol. The summed E-state index contributed by atoms with van der Waals surface area (Å²) in [5, 5.41) is 4.35. The average molecular weight is 300 g/mol. The second-order valence-electron chi connectivity index (χ2n) is 3.92. The van der Waals surface area contributed by atoms with Crippen molar-refractivity contribution in [1.82, 2.24) is 10.6 Å². The SMILES string of the molecule is O=C1NC(=S)NC(=O)C1=Cc1ccc(C(F)(F)F)cc1. The minimum atomic E-state index is -4.43. The van der Waals surface area contributed by atoms with E-state index in [1.807, 2.05) is 0 Å². The summed E-state index contributed by atoms with van der Waals surface area (Å²) in [5.74, 6) is -1.39. The highest BCUT2D eigenvalue weighted by Gasteiger charge is 2.30. The predicted molar refractivity (Wildman–Crippen MR) is 68.3 cm³/mol. The fraction of sp³-hybridized carbons (Fsp3) is 0.0833. The van der Waals surface area contributed by atoms with Gasteiger partial charge in [-0.1, -0.05) is 12.1 Å². The average Bonchev–Trinajstić information content (AvgIpc) is 2.33. The number of carbonyl (C=O) groups is 2. The standard InChI is InChI=1S/C12H7F3N2O2S/c13-12(14,15)7-3-1-6(2-4-7)5-8-9(18)16-11(20)17-10(8)19/h1-5H,(H2,16,17,18,19,20). The van der Waals surface area contributed by atoms with E-state index in [1.54, 1.807) is 0 Å². The summed E-state index contributed by atoms with van der Waals surface area (Å²) >= 11 is 4.62. The van der Waals surface area contributed by atoms with Crippen LogP contribution in [0.5, 0.6) is 0 Å². The Balaban J connectivity index is 2.29.